The Morgan fingerprint density at radius 2 is 1.93 bits per heavy atom. The van der Waals surface area contributed by atoms with Crippen molar-refractivity contribution in [3.8, 4) is 0 Å². The van der Waals surface area contributed by atoms with E-state index in [4.69, 9.17) is 0 Å². The Morgan fingerprint density at radius 1 is 1.29 bits per heavy atom. The molecule has 0 N–H and O–H groups in total. The van der Waals surface area contributed by atoms with Crippen LogP contribution in [0.4, 0.5) is 5.69 Å². The van der Waals surface area contributed by atoms with Gasteiger partial charge >= 0.3 is 0 Å². The van der Waals surface area contributed by atoms with Gasteiger partial charge in [0.25, 0.3) is 5.69 Å². The van der Waals surface area contributed by atoms with Crippen LogP contribution in [0.25, 0.3) is 0 Å². The molecular formula is C9H10N2O3. The van der Waals surface area contributed by atoms with Gasteiger partial charge in [-0.05, 0) is 18.4 Å². The average Bonchev–Trinajstić information content (AvgIpc) is 2.19. The van der Waals surface area contributed by atoms with Gasteiger partial charge in [-0.15, -0.1) is 0 Å². The molecule has 0 heterocycles. The van der Waals surface area contributed by atoms with E-state index in [9.17, 15) is 15.0 Å². The van der Waals surface area contributed by atoms with Crippen molar-refractivity contribution in [2.45, 2.75) is 12.8 Å². The van der Waals surface area contributed by atoms with Gasteiger partial charge < -0.3 is 0 Å². The van der Waals surface area contributed by atoms with Gasteiger partial charge in [-0.2, -0.15) is 4.91 Å². The normalized spacial score (nSPS) is 9.71. The fourth-order valence-electron chi connectivity index (χ4n) is 1.13. The molecular weight excluding hydrogens is 184 g/mol. The molecule has 0 aliphatic carbocycles. The minimum atomic E-state index is -0.434. The first-order chi connectivity index (χ1) is 6.74. The Labute approximate surface area is 80.9 Å². The maximum atomic E-state index is 10.3. The lowest BCUT2D eigenvalue weighted by atomic mass is 10.1. The standard InChI is InChI=1S/C9H10N2O3/c12-10-7-1-2-8-3-5-9(6-4-8)11(13)14/h3-6H,1-2,7H2. The lowest BCUT2D eigenvalue weighted by molar-refractivity contribution is -0.384. The Balaban J connectivity index is 2.55. The summed E-state index contributed by atoms with van der Waals surface area (Å²) in [5.74, 6) is 0. The number of hydrogen-bond acceptors (Lipinski definition) is 4. The summed E-state index contributed by atoms with van der Waals surface area (Å²) in [5.41, 5.74) is 1.07. The molecule has 0 fully saturated rings. The van der Waals surface area contributed by atoms with Gasteiger partial charge in [0, 0.05) is 12.1 Å². The van der Waals surface area contributed by atoms with Gasteiger partial charge in [0.1, 0.15) is 0 Å². The second-order valence-corrected chi connectivity index (χ2v) is 2.88. The van der Waals surface area contributed by atoms with Crippen molar-refractivity contribution in [1.82, 2.24) is 0 Å². The summed E-state index contributed by atoms with van der Waals surface area (Å²) >= 11 is 0. The number of non-ortho nitro benzene ring substituents is 1. The van der Waals surface area contributed by atoms with Gasteiger partial charge in [-0.25, -0.2) is 0 Å². The predicted octanol–water partition coefficient (Wildman–Crippen LogP) is 2.29. The van der Waals surface area contributed by atoms with Crippen LogP contribution in [0.15, 0.2) is 29.4 Å². The summed E-state index contributed by atoms with van der Waals surface area (Å²) in [7, 11) is 0. The molecule has 0 atom stereocenters. The lowest BCUT2D eigenvalue weighted by Crippen LogP contribution is -1.90. The van der Waals surface area contributed by atoms with E-state index in [2.05, 4.69) is 5.18 Å². The predicted molar refractivity (Wildman–Crippen MR) is 52.1 cm³/mol. The van der Waals surface area contributed by atoms with Crippen LogP contribution in [0, 0.1) is 15.0 Å². The zero-order chi connectivity index (χ0) is 10.4. The number of nitro benzene ring substituents is 1. The van der Waals surface area contributed by atoms with E-state index in [-0.39, 0.29) is 12.2 Å². The number of aryl methyl sites for hydroxylation is 1. The third-order valence-corrected chi connectivity index (χ3v) is 1.86. The fraction of sp³-hybridized carbons (Fsp3) is 0.333. The Hall–Kier alpha value is -1.78. The van der Waals surface area contributed by atoms with Gasteiger partial charge in [-0.3, -0.25) is 10.1 Å². The summed E-state index contributed by atoms with van der Waals surface area (Å²) in [5, 5.41) is 13.1. The molecule has 0 bridgehead atoms. The van der Waals surface area contributed by atoms with Crippen molar-refractivity contribution in [2.75, 3.05) is 6.54 Å². The maximum absolute atomic E-state index is 10.3. The van der Waals surface area contributed by atoms with E-state index < -0.39 is 4.92 Å². The zero-order valence-corrected chi connectivity index (χ0v) is 7.55. The first-order valence-corrected chi connectivity index (χ1v) is 4.26. The van der Waals surface area contributed by atoms with Crippen molar-refractivity contribution in [3.05, 3.63) is 44.9 Å². The van der Waals surface area contributed by atoms with Crippen LogP contribution in [0.2, 0.25) is 0 Å². The van der Waals surface area contributed by atoms with Crippen LogP contribution < -0.4 is 0 Å². The fourth-order valence-corrected chi connectivity index (χ4v) is 1.13. The highest BCUT2D eigenvalue weighted by molar-refractivity contribution is 5.32. The number of benzene rings is 1. The molecule has 5 nitrogen and oxygen atoms in total. The molecule has 0 saturated heterocycles. The van der Waals surface area contributed by atoms with Gasteiger partial charge in [-0.1, -0.05) is 17.3 Å². The summed E-state index contributed by atoms with van der Waals surface area (Å²) in [6.45, 7) is 0.289. The Bertz CT molecular complexity index is 321. The first-order valence-electron chi connectivity index (χ1n) is 4.26. The molecule has 1 aromatic rings. The molecule has 0 spiro atoms. The van der Waals surface area contributed by atoms with Gasteiger partial charge in [0.05, 0.1) is 11.5 Å². The maximum Gasteiger partial charge on any atom is 0.269 e. The quantitative estimate of drug-likeness (QED) is 0.312. The molecule has 0 aliphatic heterocycles. The van der Waals surface area contributed by atoms with Crippen LogP contribution in [-0.4, -0.2) is 11.5 Å². The van der Waals surface area contributed by atoms with Crippen LogP contribution in [-0.2, 0) is 6.42 Å². The second-order valence-electron chi connectivity index (χ2n) is 2.88. The number of nitrogens with zero attached hydrogens (tertiary/aromatic N) is 2. The molecule has 1 aromatic carbocycles. The highest BCUT2D eigenvalue weighted by atomic mass is 16.6. The number of rotatable bonds is 5. The largest absolute Gasteiger partial charge is 0.269 e. The third kappa shape index (κ3) is 2.93. The van der Waals surface area contributed by atoms with E-state index >= 15 is 0 Å². The molecule has 0 aliphatic rings. The van der Waals surface area contributed by atoms with E-state index in [0.29, 0.717) is 6.42 Å². The molecule has 14 heavy (non-hydrogen) atoms. The highest BCUT2D eigenvalue weighted by Crippen LogP contribution is 2.12. The number of hydrogen-bond donors (Lipinski definition) is 0. The number of nitro groups is 1. The molecule has 74 valence electrons. The highest BCUT2D eigenvalue weighted by Gasteiger charge is 2.03. The molecule has 0 aromatic heterocycles. The minimum absolute atomic E-state index is 0.0854. The summed E-state index contributed by atoms with van der Waals surface area (Å²) in [6, 6.07) is 6.32. The second kappa shape index (κ2) is 5.06. The van der Waals surface area contributed by atoms with Crippen LogP contribution in [0.1, 0.15) is 12.0 Å². The number of nitroso groups, excluding NO2 is 1. The van der Waals surface area contributed by atoms with Crippen LogP contribution >= 0.6 is 0 Å². The summed E-state index contributed by atoms with van der Waals surface area (Å²) < 4.78 is 0. The minimum Gasteiger partial charge on any atom is -0.258 e. The van der Waals surface area contributed by atoms with Crippen molar-refractivity contribution in [1.29, 1.82) is 0 Å². The van der Waals surface area contributed by atoms with Gasteiger partial charge in [0.15, 0.2) is 0 Å². The van der Waals surface area contributed by atoms with E-state index in [1.165, 1.54) is 12.1 Å². The molecule has 0 unspecified atom stereocenters. The molecule has 0 saturated carbocycles. The van der Waals surface area contributed by atoms with Crippen molar-refractivity contribution in [3.63, 3.8) is 0 Å². The average molecular weight is 194 g/mol. The summed E-state index contributed by atoms with van der Waals surface area (Å²) in [6.07, 6.45) is 1.41. The third-order valence-electron chi connectivity index (χ3n) is 1.86. The molecule has 0 radical (unpaired) electrons. The SMILES string of the molecule is O=NCCCc1ccc([N+](=O)[O-])cc1. The van der Waals surface area contributed by atoms with Crippen LogP contribution in [0.3, 0.4) is 0 Å². The van der Waals surface area contributed by atoms with E-state index in [1.807, 2.05) is 0 Å². The smallest absolute Gasteiger partial charge is 0.258 e. The van der Waals surface area contributed by atoms with Crippen molar-refractivity contribution >= 4 is 5.69 Å². The Kier molecular flexibility index (Phi) is 3.72. The molecule has 1 rings (SSSR count). The van der Waals surface area contributed by atoms with E-state index in [0.717, 1.165) is 12.0 Å². The molecule has 0 amide bonds. The monoisotopic (exact) mass is 194 g/mol. The topological polar surface area (TPSA) is 72.6 Å². The van der Waals surface area contributed by atoms with Crippen LogP contribution in [0.5, 0.6) is 0 Å². The molecule has 5 heteroatoms. The first kappa shape index (κ1) is 10.3. The van der Waals surface area contributed by atoms with Gasteiger partial charge in [0.2, 0.25) is 0 Å². The lowest BCUT2D eigenvalue weighted by Gasteiger charge is -1.97. The summed E-state index contributed by atoms with van der Waals surface area (Å²) in [4.78, 5) is 19.7. The van der Waals surface area contributed by atoms with Crippen molar-refractivity contribution < 1.29 is 4.92 Å². The van der Waals surface area contributed by atoms with E-state index in [1.54, 1.807) is 12.1 Å². The van der Waals surface area contributed by atoms with Crippen molar-refractivity contribution in [2.24, 2.45) is 5.18 Å². The Morgan fingerprint density at radius 3 is 2.43 bits per heavy atom. The zero-order valence-electron chi connectivity index (χ0n) is 7.55.